The van der Waals surface area contributed by atoms with Crippen molar-refractivity contribution in [3.8, 4) is 0 Å². The van der Waals surface area contributed by atoms with Gasteiger partial charge in [-0.05, 0) is 12.3 Å². The number of aliphatic imine (C=N–C) groups is 1. The van der Waals surface area contributed by atoms with Gasteiger partial charge in [-0.3, -0.25) is 14.9 Å². The number of hydrazone groups is 1. The number of hydrogen-bond donors (Lipinski definition) is 2. The summed E-state index contributed by atoms with van der Waals surface area (Å²) in [5.74, 6) is 0.679. The van der Waals surface area contributed by atoms with Gasteiger partial charge in [-0.25, -0.2) is 10.0 Å². The molecular weight excluding hydrogens is 322 g/mol. The summed E-state index contributed by atoms with van der Waals surface area (Å²) in [6.07, 6.45) is 6.83. The number of aliphatic carboxylic acids is 1. The molecule has 0 aromatic carbocycles. The van der Waals surface area contributed by atoms with E-state index in [2.05, 4.69) is 15.1 Å². The molecule has 0 amide bonds. The standard InChI is InChI=1S/C16H21N7O2/c1-21-9-11(6-18-21)12-7-19-23-13(17)5-14(20-16(12)23)22-3-2-10(8-22)4-15(24)25/h6-7,9-10,12,16-17H,2-5,8H2,1H3,(H,24,25). The lowest BCUT2D eigenvalue weighted by atomic mass is 10.0. The molecule has 2 N–H and O–H groups in total. The number of aryl methyl sites for hydroxylation is 1. The zero-order valence-electron chi connectivity index (χ0n) is 14.0. The molecule has 0 saturated carbocycles. The van der Waals surface area contributed by atoms with Gasteiger partial charge in [-0.15, -0.1) is 0 Å². The van der Waals surface area contributed by atoms with Crippen molar-refractivity contribution >= 4 is 23.9 Å². The van der Waals surface area contributed by atoms with Crippen LogP contribution in [-0.4, -0.2) is 67.9 Å². The molecule has 9 nitrogen and oxygen atoms in total. The Hall–Kier alpha value is -2.71. The van der Waals surface area contributed by atoms with Gasteiger partial charge in [0.05, 0.1) is 18.5 Å². The van der Waals surface area contributed by atoms with Crippen molar-refractivity contribution in [3.63, 3.8) is 0 Å². The van der Waals surface area contributed by atoms with Gasteiger partial charge in [0.1, 0.15) is 11.7 Å². The van der Waals surface area contributed by atoms with Gasteiger partial charge in [0.2, 0.25) is 0 Å². The number of fused-ring (bicyclic) bond motifs is 1. The Bertz CT molecular complexity index is 768. The third kappa shape index (κ3) is 2.90. The summed E-state index contributed by atoms with van der Waals surface area (Å²) in [7, 11) is 1.87. The Morgan fingerprint density at radius 2 is 2.32 bits per heavy atom. The molecule has 3 aliphatic rings. The maximum atomic E-state index is 10.9. The van der Waals surface area contributed by atoms with E-state index in [9.17, 15) is 4.79 Å². The Labute approximate surface area is 145 Å². The third-order valence-corrected chi connectivity index (χ3v) is 5.03. The van der Waals surface area contributed by atoms with Crippen LogP contribution in [0.4, 0.5) is 0 Å². The lowest BCUT2D eigenvalue weighted by Gasteiger charge is -2.33. The van der Waals surface area contributed by atoms with Crippen molar-refractivity contribution in [3.05, 3.63) is 18.0 Å². The first-order valence-electron chi connectivity index (χ1n) is 8.44. The highest BCUT2D eigenvalue weighted by atomic mass is 16.4. The maximum absolute atomic E-state index is 10.9. The molecule has 1 fully saturated rings. The summed E-state index contributed by atoms with van der Waals surface area (Å²) in [5.41, 5.74) is 1.03. The van der Waals surface area contributed by atoms with Gasteiger partial charge in [-0.1, -0.05) is 0 Å². The quantitative estimate of drug-likeness (QED) is 0.840. The summed E-state index contributed by atoms with van der Waals surface area (Å²) in [4.78, 5) is 17.9. The van der Waals surface area contributed by atoms with E-state index < -0.39 is 5.97 Å². The minimum Gasteiger partial charge on any atom is -0.481 e. The Morgan fingerprint density at radius 1 is 1.48 bits per heavy atom. The van der Waals surface area contributed by atoms with Crippen LogP contribution in [-0.2, 0) is 11.8 Å². The lowest BCUT2D eigenvalue weighted by Crippen LogP contribution is -2.44. The van der Waals surface area contributed by atoms with Crippen LogP contribution in [0.3, 0.4) is 0 Å². The molecule has 3 unspecified atom stereocenters. The van der Waals surface area contributed by atoms with Gasteiger partial charge in [0.15, 0.2) is 6.17 Å². The second-order valence-corrected chi connectivity index (χ2v) is 6.86. The molecular formula is C16H21N7O2. The van der Waals surface area contributed by atoms with Gasteiger partial charge < -0.3 is 10.0 Å². The average molecular weight is 343 g/mol. The number of carboxylic acid groups (broad SMARTS) is 1. The summed E-state index contributed by atoms with van der Waals surface area (Å²) in [6, 6.07) is 0. The van der Waals surface area contributed by atoms with Crippen LogP contribution in [0.2, 0.25) is 0 Å². The van der Waals surface area contributed by atoms with Crippen molar-refractivity contribution in [1.82, 2.24) is 19.7 Å². The van der Waals surface area contributed by atoms with Crippen molar-refractivity contribution in [2.45, 2.75) is 31.3 Å². The second kappa shape index (κ2) is 5.98. The highest BCUT2D eigenvalue weighted by Crippen LogP contribution is 2.32. The minimum atomic E-state index is -0.753. The van der Waals surface area contributed by atoms with E-state index in [0.29, 0.717) is 18.8 Å². The molecule has 0 bridgehead atoms. The molecule has 1 aromatic heterocycles. The third-order valence-electron chi connectivity index (χ3n) is 5.03. The number of carbonyl (C=O) groups is 1. The number of nitrogens with one attached hydrogen (secondary N) is 1. The van der Waals surface area contributed by atoms with Crippen LogP contribution >= 0.6 is 0 Å². The Balaban J connectivity index is 1.54. The van der Waals surface area contributed by atoms with Crippen LogP contribution in [0, 0.1) is 11.3 Å². The van der Waals surface area contributed by atoms with Crippen molar-refractivity contribution in [2.75, 3.05) is 13.1 Å². The first-order chi connectivity index (χ1) is 12.0. The van der Waals surface area contributed by atoms with E-state index in [1.807, 2.05) is 25.7 Å². The summed E-state index contributed by atoms with van der Waals surface area (Å²) >= 11 is 0. The van der Waals surface area contributed by atoms with Crippen molar-refractivity contribution < 1.29 is 9.90 Å². The number of hydrogen-bond acceptors (Lipinski definition) is 6. The predicted octanol–water partition coefficient (Wildman–Crippen LogP) is 0.707. The normalized spacial score (nSPS) is 28.4. The molecule has 0 aliphatic carbocycles. The fourth-order valence-electron chi connectivity index (χ4n) is 3.78. The van der Waals surface area contributed by atoms with Gasteiger partial charge in [0, 0.05) is 44.5 Å². The van der Waals surface area contributed by atoms with Crippen LogP contribution in [0.1, 0.15) is 30.7 Å². The zero-order valence-corrected chi connectivity index (χ0v) is 14.0. The van der Waals surface area contributed by atoms with Crippen molar-refractivity contribution in [1.29, 1.82) is 5.41 Å². The Kier molecular flexibility index (Phi) is 3.78. The number of aromatic nitrogens is 2. The smallest absolute Gasteiger partial charge is 0.303 e. The number of likely N-dealkylation sites (tertiary alicyclic amines) is 1. The van der Waals surface area contributed by atoms with E-state index in [1.54, 1.807) is 9.69 Å². The fraction of sp³-hybridized carbons (Fsp3) is 0.562. The van der Waals surface area contributed by atoms with E-state index in [4.69, 9.17) is 15.5 Å². The number of nitrogens with zero attached hydrogens (tertiary/aromatic N) is 6. The van der Waals surface area contributed by atoms with E-state index in [-0.39, 0.29) is 24.4 Å². The van der Waals surface area contributed by atoms with Gasteiger partial charge in [-0.2, -0.15) is 10.2 Å². The van der Waals surface area contributed by atoms with Crippen LogP contribution in [0.15, 0.2) is 22.5 Å². The molecule has 9 heteroatoms. The molecule has 4 rings (SSSR count). The minimum absolute atomic E-state index is 0.0261. The van der Waals surface area contributed by atoms with Crippen LogP contribution in [0.5, 0.6) is 0 Å². The molecule has 1 saturated heterocycles. The zero-order chi connectivity index (χ0) is 17.6. The number of carboxylic acids is 1. The van der Waals surface area contributed by atoms with Crippen LogP contribution < -0.4 is 0 Å². The molecule has 1 aromatic rings. The summed E-state index contributed by atoms with van der Waals surface area (Å²) in [6.45, 7) is 1.50. The molecule has 0 spiro atoms. The molecule has 132 valence electrons. The molecule has 25 heavy (non-hydrogen) atoms. The van der Waals surface area contributed by atoms with E-state index in [0.717, 1.165) is 24.4 Å². The predicted molar refractivity (Wildman–Crippen MR) is 91.8 cm³/mol. The van der Waals surface area contributed by atoms with Gasteiger partial charge in [0.25, 0.3) is 0 Å². The van der Waals surface area contributed by atoms with E-state index >= 15 is 0 Å². The van der Waals surface area contributed by atoms with Gasteiger partial charge >= 0.3 is 5.97 Å². The topological polar surface area (TPSA) is 110 Å². The highest BCUT2D eigenvalue weighted by molar-refractivity contribution is 6.04. The summed E-state index contributed by atoms with van der Waals surface area (Å²) < 4.78 is 1.75. The number of amidine groups is 2. The fourth-order valence-corrected chi connectivity index (χ4v) is 3.78. The lowest BCUT2D eigenvalue weighted by molar-refractivity contribution is -0.137. The molecule has 3 atom stereocenters. The maximum Gasteiger partial charge on any atom is 0.303 e. The average Bonchev–Trinajstić information content (AvgIpc) is 3.25. The molecule has 3 aliphatic heterocycles. The van der Waals surface area contributed by atoms with E-state index in [1.165, 1.54) is 0 Å². The second-order valence-electron chi connectivity index (χ2n) is 6.86. The SMILES string of the molecule is Cn1cc(C2C=NN3C(=N)CC(N4CCC(CC(=O)O)C4)=NC23)cn1. The highest BCUT2D eigenvalue weighted by Gasteiger charge is 2.40. The monoisotopic (exact) mass is 343 g/mol. The Morgan fingerprint density at radius 3 is 3.04 bits per heavy atom. The summed E-state index contributed by atoms with van der Waals surface area (Å²) in [5, 5.41) is 27.6. The van der Waals surface area contributed by atoms with Crippen molar-refractivity contribution in [2.24, 2.45) is 23.1 Å². The van der Waals surface area contributed by atoms with Crippen LogP contribution in [0.25, 0.3) is 0 Å². The largest absolute Gasteiger partial charge is 0.481 e. The number of rotatable bonds is 3. The molecule has 0 radical (unpaired) electrons. The first-order valence-corrected chi connectivity index (χ1v) is 8.44. The molecule has 4 heterocycles. The first kappa shape index (κ1) is 15.8.